The molecular weight excluding hydrogens is 643 g/mol. The van der Waals surface area contributed by atoms with E-state index in [1.165, 1.54) is 66.1 Å². The lowest BCUT2D eigenvalue weighted by atomic mass is 9.70. The summed E-state index contributed by atoms with van der Waals surface area (Å²) in [4.78, 5) is 2.43. The van der Waals surface area contributed by atoms with E-state index in [2.05, 4.69) is 193 Å². The van der Waals surface area contributed by atoms with Gasteiger partial charge in [0.25, 0.3) is 0 Å². The number of fused-ring (bicyclic) bond motifs is 16. The van der Waals surface area contributed by atoms with Gasteiger partial charge in [0.1, 0.15) is 5.58 Å². The first kappa shape index (κ1) is 28.8. The highest BCUT2D eigenvalue weighted by Gasteiger charge is 2.51. The molecule has 0 saturated carbocycles. The number of rotatable bonds is 3. The molecule has 2 aliphatic rings. The topological polar surface area (TPSA) is 16.4 Å². The summed E-state index contributed by atoms with van der Waals surface area (Å²) in [6.07, 6.45) is 0. The average Bonchev–Trinajstić information content (AvgIpc) is 3.86. The fourth-order valence-electron chi connectivity index (χ4n) is 9.76. The molecule has 0 saturated heterocycles. The molecule has 1 aromatic heterocycles. The van der Waals surface area contributed by atoms with Gasteiger partial charge in [-0.25, -0.2) is 0 Å². The Kier molecular flexibility index (Phi) is 5.73. The molecule has 0 unspecified atom stereocenters. The second-order valence-corrected chi connectivity index (χ2v) is 14.4. The van der Waals surface area contributed by atoms with Crippen molar-refractivity contribution in [1.82, 2.24) is 0 Å². The van der Waals surface area contributed by atoms with Crippen LogP contribution in [0.25, 0.3) is 65.7 Å². The van der Waals surface area contributed by atoms with Gasteiger partial charge in [-0.3, -0.25) is 0 Å². The molecule has 246 valence electrons. The van der Waals surface area contributed by atoms with E-state index < -0.39 is 5.41 Å². The molecule has 2 heteroatoms. The van der Waals surface area contributed by atoms with Gasteiger partial charge in [0.15, 0.2) is 5.58 Å². The van der Waals surface area contributed by atoms with E-state index >= 15 is 0 Å². The summed E-state index contributed by atoms with van der Waals surface area (Å²) in [6.45, 7) is 0. The Morgan fingerprint density at radius 2 is 0.925 bits per heavy atom. The van der Waals surface area contributed by atoms with E-state index in [-0.39, 0.29) is 0 Å². The van der Waals surface area contributed by atoms with Gasteiger partial charge in [-0.1, -0.05) is 158 Å². The fourth-order valence-corrected chi connectivity index (χ4v) is 9.76. The van der Waals surface area contributed by atoms with E-state index in [4.69, 9.17) is 4.42 Å². The molecule has 9 aromatic carbocycles. The van der Waals surface area contributed by atoms with Gasteiger partial charge in [0.2, 0.25) is 0 Å². The van der Waals surface area contributed by atoms with Crippen LogP contribution in [0.3, 0.4) is 0 Å². The normalized spacial score (nSPS) is 13.4. The summed E-state index contributed by atoms with van der Waals surface area (Å²) in [5.41, 5.74) is 15.1. The van der Waals surface area contributed by atoms with Crippen molar-refractivity contribution in [3.05, 3.63) is 210 Å². The van der Waals surface area contributed by atoms with E-state index in [0.29, 0.717) is 0 Å². The minimum atomic E-state index is -0.392. The number of para-hydroxylation sites is 1. The molecule has 0 atom stereocenters. The number of hydrogen-bond acceptors (Lipinski definition) is 2. The summed E-state index contributed by atoms with van der Waals surface area (Å²) in [5, 5.41) is 7.02. The Bertz CT molecular complexity index is 3100. The Hall–Kier alpha value is -6.90. The van der Waals surface area contributed by atoms with E-state index in [1.807, 2.05) is 0 Å². The van der Waals surface area contributed by atoms with Crippen LogP contribution in [0.5, 0.6) is 0 Å². The maximum absolute atomic E-state index is 6.89. The van der Waals surface area contributed by atoms with E-state index in [9.17, 15) is 0 Å². The zero-order chi connectivity index (χ0) is 34.7. The van der Waals surface area contributed by atoms with Crippen molar-refractivity contribution in [3.8, 4) is 22.3 Å². The zero-order valence-corrected chi connectivity index (χ0v) is 28.8. The van der Waals surface area contributed by atoms with Gasteiger partial charge in [0, 0.05) is 21.8 Å². The molecule has 2 aliphatic carbocycles. The lowest BCUT2D eigenvalue weighted by molar-refractivity contribution is 0.669. The number of furan rings is 1. The molecule has 2 nitrogen and oxygen atoms in total. The van der Waals surface area contributed by atoms with Gasteiger partial charge >= 0.3 is 0 Å². The molecule has 0 aliphatic heterocycles. The molecule has 0 amide bonds. The molecule has 0 N–H and O–H groups in total. The Morgan fingerprint density at radius 1 is 0.377 bits per heavy atom. The van der Waals surface area contributed by atoms with Crippen molar-refractivity contribution in [2.75, 3.05) is 4.90 Å². The second kappa shape index (κ2) is 10.6. The number of hydrogen-bond donors (Lipinski definition) is 0. The molecular formula is C51H31NO. The Labute approximate surface area is 306 Å². The van der Waals surface area contributed by atoms with Crippen molar-refractivity contribution in [2.45, 2.75) is 5.41 Å². The maximum Gasteiger partial charge on any atom is 0.160 e. The second-order valence-electron chi connectivity index (χ2n) is 14.4. The first-order valence-corrected chi connectivity index (χ1v) is 18.4. The summed E-state index contributed by atoms with van der Waals surface area (Å²) in [5.74, 6) is 0. The highest BCUT2D eigenvalue weighted by Crippen LogP contribution is 2.63. The van der Waals surface area contributed by atoms with Crippen molar-refractivity contribution >= 4 is 60.5 Å². The minimum absolute atomic E-state index is 0.392. The molecule has 10 aromatic rings. The smallest absolute Gasteiger partial charge is 0.160 e. The van der Waals surface area contributed by atoms with Crippen molar-refractivity contribution < 1.29 is 4.42 Å². The van der Waals surface area contributed by atoms with Crippen LogP contribution in [0.4, 0.5) is 17.1 Å². The largest absolute Gasteiger partial charge is 0.454 e. The number of anilines is 3. The zero-order valence-electron chi connectivity index (χ0n) is 28.8. The van der Waals surface area contributed by atoms with Crippen molar-refractivity contribution in [2.24, 2.45) is 0 Å². The van der Waals surface area contributed by atoms with Crippen LogP contribution in [0.2, 0.25) is 0 Å². The standard InChI is InChI=1S/C51H31NO/c1-3-17-35-32(14-1)16-13-26-46(35)52(47-30-33-15-2-4-18-36(33)49-40-22-8-12-27-48(40)53-50(47)49)34-28-29-45-41(31-34)39-21-7-11-25-44(39)51(45)42-23-9-5-19-37(42)38-20-6-10-24-43(38)51/h1-31H. The first-order chi connectivity index (χ1) is 26.3. The monoisotopic (exact) mass is 673 g/mol. The van der Waals surface area contributed by atoms with Gasteiger partial charge in [0.05, 0.1) is 16.8 Å². The quantitative estimate of drug-likeness (QED) is 0.186. The van der Waals surface area contributed by atoms with E-state index in [1.54, 1.807) is 0 Å². The molecule has 53 heavy (non-hydrogen) atoms. The predicted molar refractivity (Wildman–Crippen MR) is 220 cm³/mol. The number of benzene rings is 9. The molecule has 0 fully saturated rings. The van der Waals surface area contributed by atoms with Crippen LogP contribution in [0, 0.1) is 0 Å². The van der Waals surface area contributed by atoms with Crippen LogP contribution in [0.15, 0.2) is 192 Å². The van der Waals surface area contributed by atoms with Crippen molar-refractivity contribution in [1.29, 1.82) is 0 Å². The van der Waals surface area contributed by atoms with Gasteiger partial charge < -0.3 is 9.32 Å². The third-order valence-corrected chi connectivity index (χ3v) is 11.8. The van der Waals surface area contributed by atoms with Crippen LogP contribution in [-0.2, 0) is 5.41 Å². The van der Waals surface area contributed by atoms with Crippen LogP contribution in [-0.4, -0.2) is 0 Å². The summed E-state index contributed by atoms with van der Waals surface area (Å²) in [7, 11) is 0. The maximum atomic E-state index is 6.89. The Balaban J connectivity index is 1.19. The van der Waals surface area contributed by atoms with Gasteiger partial charge in [-0.15, -0.1) is 0 Å². The molecule has 1 heterocycles. The van der Waals surface area contributed by atoms with E-state index in [0.717, 1.165) is 39.0 Å². The van der Waals surface area contributed by atoms with Crippen molar-refractivity contribution in [3.63, 3.8) is 0 Å². The highest BCUT2D eigenvalue weighted by atomic mass is 16.3. The Morgan fingerprint density at radius 3 is 1.66 bits per heavy atom. The lowest BCUT2D eigenvalue weighted by Crippen LogP contribution is -2.25. The molecule has 12 rings (SSSR count). The lowest BCUT2D eigenvalue weighted by Gasteiger charge is -2.31. The molecule has 0 bridgehead atoms. The van der Waals surface area contributed by atoms with Crippen LogP contribution >= 0.6 is 0 Å². The average molecular weight is 674 g/mol. The van der Waals surface area contributed by atoms with Gasteiger partial charge in [-0.2, -0.15) is 0 Å². The first-order valence-electron chi connectivity index (χ1n) is 18.4. The molecule has 0 radical (unpaired) electrons. The summed E-state index contributed by atoms with van der Waals surface area (Å²) < 4.78 is 6.89. The highest BCUT2D eigenvalue weighted by molar-refractivity contribution is 6.23. The minimum Gasteiger partial charge on any atom is -0.454 e. The van der Waals surface area contributed by atoms with Gasteiger partial charge in [-0.05, 0) is 91.0 Å². The number of nitrogens with zero attached hydrogens (tertiary/aromatic N) is 1. The van der Waals surface area contributed by atoms with Crippen LogP contribution < -0.4 is 4.90 Å². The summed E-state index contributed by atoms with van der Waals surface area (Å²) in [6, 6.07) is 68.9. The third kappa shape index (κ3) is 3.72. The molecule has 1 spiro atoms. The predicted octanol–water partition coefficient (Wildman–Crippen LogP) is 13.7. The third-order valence-electron chi connectivity index (χ3n) is 11.8. The summed E-state index contributed by atoms with van der Waals surface area (Å²) >= 11 is 0. The van der Waals surface area contributed by atoms with Crippen LogP contribution in [0.1, 0.15) is 22.3 Å². The fraction of sp³-hybridized carbons (Fsp3) is 0.0196. The SMILES string of the molecule is c1ccc2c(c1)-c1ccccc1C21c2ccccc2-c2cc(N(c3cccc4ccccc34)c3cc4ccccc4c4c3oc3ccccc34)ccc21.